The Morgan fingerprint density at radius 3 is 2.06 bits per heavy atom. The molecule has 0 saturated carbocycles. The Kier molecular flexibility index (Phi) is 6.03. The molecule has 1 rings (SSSR count). The van der Waals surface area contributed by atoms with Gasteiger partial charge in [0.1, 0.15) is 0 Å². The minimum atomic E-state index is -2.83. The Morgan fingerprint density at radius 2 is 1.62 bits per heavy atom. The molecule has 3 nitrogen and oxygen atoms in total. The average molecular weight is 356 g/mol. The summed E-state index contributed by atoms with van der Waals surface area (Å²) in [5.74, 6) is 0. The maximum absolute atomic E-state index is 12.3. The number of aryl methyl sites for hydroxylation is 1. The summed E-state index contributed by atoms with van der Waals surface area (Å²) < 4.78 is 24.0. The van der Waals surface area contributed by atoms with E-state index in [1.807, 2.05) is 45.0 Å². The van der Waals surface area contributed by atoms with Crippen LogP contribution in [0.3, 0.4) is 0 Å². The van der Waals surface area contributed by atoms with Gasteiger partial charge in [-0.25, -0.2) is 0 Å². The van der Waals surface area contributed by atoms with Crippen LogP contribution in [0.2, 0.25) is 0 Å². The van der Waals surface area contributed by atoms with Crippen molar-refractivity contribution >= 4 is 29.3 Å². The first-order valence-electron chi connectivity index (χ1n) is 5.25. The van der Waals surface area contributed by atoms with Gasteiger partial charge in [-0.05, 0) is 0 Å². The normalized spacial score (nSPS) is 11.7. The molecule has 0 aliphatic heterocycles. The molecule has 0 bridgehead atoms. The van der Waals surface area contributed by atoms with E-state index in [0.717, 1.165) is 3.61 Å². The standard InChI is InChI=1S/C11H17O3PTe/c1-4-13-15(12,14-5-2)16-11-8-6-10(3)7-9-11/h6-9H,4-5H2,1-3H3. The summed E-state index contributed by atoms with van der Waals surface area (Å²) in [6.45, 7) is 6.60. The Balaban J connectivity index is 2.75. The monoisotopic (exact) mass is 358 g/mol. The van der Waals surface area contributed by atoms with Crippen LogP contribution in [0.5, 0.6) is 0 Å². The molecule has 1 aromatic carbocycles. The van der Waals surface area contributed by atoms with Crippen molar-refractivity contribution in [1.29, 1.82) is 0 Å². The van der Waals surface area contributed by atoms with E-state index in [-0.39, 0.29) is 0 Å². The number of benzene rings is 1. The first-order valence-corrected chi connectivity index (χ1v) is 11.0. The molecule has 0 N–H and O–H groups in total. The van der Waals surface area contributed by atoms with Crippen LogP contribution in [0.1, 0.15) is 19.4 Å². The minimum absolute atomic E-state index is 0.438. The summed E-state index contributed by atoms with van der Waals surface area (Å²) >= 11 is -0.934. The summed E-state index contributed by atoms with van der Waals surface area (Å²) in [5, 5.41) is -2.83. The third kappa shape index (κ3) is 4.57. The van der Waals surface area contributed by atoms with Gasteiger partial charge in [-0.1, -0.05) is 0 Å². The van der Waals surface area contributed by atoms with E-state index >= 15 is 0 Å². The van der Waals surface area contributed by atoms with Gasteiger partial charge in [-0.2, -0.15) is 0 Å². The second-order valence-corrected chi connectivity index (χ2v) is 11.5. The Hall–Kier alpha value is 0.160. The van der Waals surface area contributed by atoms with Gasteiger partial charge < -0.3 is 0 Å². The molecule has 0 saturated heterocycles. The summed E-state index contributed by atoms with van der Waals surface area (Å²) in [5.41, 5.74) is 1.21. The van der Waals surface area contributed by atoms with E-state index in [4.69, 9.17) is 9.05 Å². The van der Waals surface area contributed by atoms with Gasteiger partial charge in [0.15, 0.2) is 0 Å². The molecule has 0 atom stereocenters. The molecule has 0 amide bonds. The molecule has 0 fully saturated rings. The predicted molar refractivity (Wildman–Crippen MR) is 67.4 cm³/mol. The molecule has 1 aromatic rings. The van der Waals surface area contributed by atoms with Gasteiger partial charge in [0, 0.05) is 0 Å². The van der Waals surface area contributed by atoms with Crippen molar-refractivity contribution < 1.29 is 13.6 Å². The number of rotatable bonds is 6. The average Bonchev–Trinajstić information content (AvgIpc) is 2.22. The van der Waals surface area contributed by atoms with Crippen molar-refractivity contribution in [3.05, 3.63) is 29.8 Å². The van der Waals surface area contributed by atoms with Crippen molar-refractivity contribution in [2.45, 2.75) is 20.8 Å². The third-order valence-electron chi connectivity index (χ3n) is 1.81. The molecule has 0 aliphatic carbocycles. The molecule has 16 heavy (non-hydrogen) atoms. The van der Waals surface area contributed by atoms with Gasteiger partial charge >= 0.3 is 107 Å². The van der Waals surface area contributed by atoms with Crippen molar-refractivity contribution in [3.63, 3.8) is 0 Å². The second-order valence-electron chi connectivity index (χ2n) is 3.19. The zero-order chi connectivity index (χ0) is 12.0. The molecule has 0 aliphatic rings. The molecular formula is C11H17O3PTe. The maximum atomic E-state index is 12.3. The topological polar surface area (TPSA) is 35.5 Å². The quantitative estimate of drug-likeness (QED) is 0.581. The van der Waals surface area contributed by atoms with Crippen molar-refractivity contribution in [2.24, 2.45) is 0 Å². The number of hydrogen-bond acceptors (Lipinski definition) is 3. The van der Waals surface area contributed by atoms with E-state index in [1.54, 1.807) is 0 Å². The van der Waals surface area contributed by atoms with Crippen molar-refractivity contribution in [1.82, 2.24) is 0 Å². The van der Waals surface area contributed by atoms with Gasteiger partial charge in [0.25, 0.3) is 0 Å². The SMILES string of the molecule is CCOP(=O)(OCC)[Te]c1ccc(C)cc1. The molecule has 0 unspecified atom stereocenters. The van der Waals surface area contributed by atoms with E-state index < -0.39 is 25.7 Å². The first-order chi connectivity index (χ1) is 7.59. The molecule has 0 aromatic heterocycles. The summed E-state index contributed by atoms with van der Waals surface area (Å²) in [6, 6.07) is 8.09. The Bertz CT molecular complexity index is 354. The molecule has 0 heterocycles. The van der Waals surface area contributed by atoms with Crippen LogP contribution in [0.25, 0.3) is 0 Å². The summed E-state index contributed by atoms with van der Waals surface area (Å²) in [7, 11) is 0. The van der Waals surface area contributed by atoms with E-state index in [1.165, 1.54) is 5.56 Å². The molecule has 0 spiro atoms. The fourth-order valence-electron chi connectivity index (χ4n) is 1.13. The van der Waals surface area contributed by atoms with Crippen LogP contribution < -0.4 is 3.61 Å². The summed E-state index contributed by atoms with van der Waals surface area (Å²) in [4.78, 5) is 0. The zero-order valence-corrected chi connectivity index (χ0v) is 13.0. The van der Waals surface area contributed by atoms with E-state index in [9.17, 15) is 4.57 Å². The van der Waals surface area contributed by atoms with Crippen LogP contribution in [0, 0.1) is 6.92 Å². The molecular weight excluding hydrogens is 339 g/mol. The summed E-state index contributed by atoms with van der Waals surface area (Å²) in [6.07, 6.45) is 0. The van der Waals surface area contributed by atoms with Gasteiger partial charge in [-0.15, -0.1) is 0 Å². The van der Waals surface area contributed by atoms with Crippen LogP contribution >= 0.6 is 5.29 Å². The third-order valence-corrected chi connectivity index (χ3v) is 9.70. The van der Waals surface area contributed by atoms with Gasteiger partial charge in [0.2, 0.25) is 0 Å². The van der Waals surface area contributed by atoms with Gasteiger partial charge in [-0.3, -0.25) is 0 Å². The second kappa shape index (κ2) is 6.79. The van der Waals surface area contributed by atoms with Crippen LogP contribution in [0.4, 0.5) is 0 Å². The first kappa shape index (κ1) is 14.2. The number of hydrogen-bond donors (Lipinski definition) is 0. The Morgan fingerprint density at radius 1 is 1.12 bits per heavy atom. The van der Waals surface area contributed by atoms with Crippen LogP contribution in [-0.4, -0.2) is 33.6 Å². The van der Waals surface area contributed by atoms with Crippen LogP contribution in [-0.2, 0) is 13.6 Å². The molecule has 5 heteroatoms. The molecule has 90 valence electrons. The van der Waals surface area contributed by atoms with E-state index in [0.29, 0.717) is 13.2 Å². The Labute approximate surface area is 107 Å². The fraction of sp³-hybridized carbons (Fsp3) is 0.455. The molecule has 0 radical (unpaired) electrons. The fourth-order valence-corrected chi connectivity index (χ4v) is 8.68. The van der Waals surface area contributed by atoms with Crippen LogP contribution in [0.15, 0.2) is 24.3 Å². The predicted octanol–water partition coefficient (Wildman–Crippen LogP) is 2.51. The van der Waals surface area contributed by atoms with Crippen molar-refractivity contribution in [3.8, 4) is 0 Å². The van der Waals surface area contributed by atoms with E-state index in [2.05, 4.69) is 0 Å². The van der Waals surface area contributed by atoms with Crippen molar-refractivity contribution in [2.75, 3.05) is 13.2 Å². The zero-order valence-electron chi connectivity index (χ0n) is 9.80. The van der Waals surface area contributed by atoms with Gasteiger partial charge in [0.05, 0.1) is 0 Å².